The Morgan fingerprint density at radius 2 is 2.25 bits per heavy atom. The van der Waals surface area contributed by atoms with Crippen LogP contribution in [0.25, 0.3) is 0 Å². The lowest BCUT2D eigenvalue weighted by Crippen LogP contribution is -2.47. The summed E-state index contributed by atoms with van der Waals surface area (Å²) in [5, 5.41) is 10.7. The van der Waals surface area contributed by atoms with Crippen molar-refractivity contribution in [1.82, 2.24) is 0 Å². The van der Waals surface area contributed by atoms with Gasteiger partial charge in [0.25, 0.3) is 5.54 Å². The molecule has 0 radical (unpaired) electrons. The minimum atomic E-state index is -1.25. The standard InChI is InChI=1S/C8H11NO3/c1-8(9(11)12)6-3-2-5(4-6)7(8)10/h5-6H,2-4H2,1H3. The fourth-order valence-electron chi connectivity index (χ4n) is 2.58. The summed E-state index contributed by atoms with van der Waals surface area (Å²) in [6.45, 7) is 1.49. The van der Waals surface area contributed by atoms with Gasteiger partial charge in [0.05, 0.1) is 0 Å². The van der Waals surface area contributed by atoms with Gasteiger partial charge in [-0.1, -0.05) is 0 Å². The molecule has 4 nitrogen and oxygen atoms in total. The molecule has 2 fully saturated rings. The Hall–Kier alpha value is -0.930. The highest BCUT2D eigenvalue weighted by Gasteiger charge is 2.63. The fourth-order valence-corrected chi connectivity index (χ4v) is 2.58. The number of nitro groups is 1. The minimum absolute atomic E-state index is 0.00463. The van der Waals surface area contributed by atoms with Crippen molar-refractivity contribution in [2.45, 2.75) is 31.7 Å². The highest BCUT2D eigenvalue weighted by Crippen LogP contribution is 2.49. The van der Waals surface area contributed by atoms with Crippen molar-refractivity contribution >= 4 is 5.78 Å². The molecule has 0 heterocycles. The molecule has 0 aliphatic heterocycles. The Labute approximate surface area is 70.1 Å². The Balaban J connectivity index is 2.39. The lowest BCUT2D eigenvalue weighted by molar-refractivity contribution is -0.556. The van der Waals surface area contributed by atoms with Crippen LogP contribution in [0.15, 0.2) is 0 Å². The van der Waals surface area contributed by atoms with E-state index in [1.54, 1.807) is 0 Å². The van der Waals surface area contributed by atoms with Gasteiger partial charge in [0.1, 0.15) is 0 Å². The highest BCUT2D eigenvalue weighted by molar-refractivity contribution is 5.92. The summed E-state index contributed by atoms with van der Waals surface area (Å²) >= 11 is 0. The van der Waals surface area contributed by atoms with Crippen LogP contribution in [-0.2, 0) is 4.79 Å². The van der Waals surface area contributed by atoms with Gasteiger partial charge in [-0.3, -0.25) is 14.9 Å². The molecule has 4 heteroatoms. The second-order valence-corrected chi connectivity index (χ2v) is 3.98. The minimum Gasteiger partial charge on any atom is -0.291 e. The van der Waals surface area contributed by atoms with Gasteiger partial charge < -0.3 is 0 Å². The molecule has 12 heavy (non-hydrogen) atoms. The number of rotatable bonds is 1. The Morgan fingerprint density at radius 3 is 2.58 bits per heavy atom. The molecule has 3 atom stereocenters. The fraction of sp³-hybridized carbons (Fsp3) is 0.875. The zero-order valence-electron chi connectivity index (χ0n) is 6.95. The van der Waals surface area contributed by atoms with Crippen LogP contribution < -0.4 is 0 Å². The number of hydrogen-bond acceptors (Lipinski definition) is 3. The summed E-state index contributed by atoms with van der Waals surface area (Å²) in [6, 6.07) is 0. The molecular weight excluding hydrogens is 158 g/mol. The zero-order chi connectivity index (χ0) is 8.93. The summed E-state index contributed by atoms with van der Waals surface area (Å²) in [5.74, 6) is -0.140. The van der Waals surface area contributed by atoms with Gasteiger partial charge in [0, 0.05) is 23.7 Å². The molecule has 2 aliphatic rings. The van der Waals surface area contributed by atoms with Crippen molar-refractivity contribution in [1.29, 1.82) is 0 Å². The second-order valence-electron chi connectivity index (χ2n) is 3.98. The van der Waals surface area contributed by atoms with Crippen molar-refractivity contribution in [2.75, 3.05) is 0 Å². The average Bonchev–Trinajstić information content (AvgIpc) is 2.55. The van der Waals surface area contributed by atoms with Crippen molar-refractivity contribution in [3.05, 3.63) is 10.1 Å². The molecule has 0 N–H and O–H groups in total. The molecule has 0 amide bonds. The van der Waals surface area contributed by atoms with E-state index in [1.807, 2.05) is 0 Å². The highest BCUT2D eigenvalue weighted by atomic mass is 16.6. The Bertz CT molecular complexity index is 263. The first kappa shape index (κ1) is 7.71. The van der Waals surface area contributed by atoms with Gasteiger partial charge in [-0.05, 0) is 19.3 Å². The molecule has 2 bridgehead atoms. The molecule has 2 rings (SSSR count). The van der Waals surface area contributed by atoms with Crippen LogP contribution >= 0.6 is 0 Å². The molecule has 66 valence electrons. The van der Waals surface area contributed by atoms with Gasteiger partial charge >= 0.3 is 0 Å². The van der Waals surface area contributed by atoms with Crippen LogP contribution in [0.5, 0.6) is 0 Å². The maximum atomic E-state index is 11.5. The third kappa shape index (κ3) is 0.653. The number of carbonyl (C=O) groups is 1. The zero-order valence-corrected chi connectivity index (χ0v) is 6.95. The van der Waals surface area contributed by atoms with E-state index in [0.29, 0.717) is 0 Å². The summed E-state index contributed by atoms with van der Waals surface area (Å²) in [7, 11) is 0. The number of Topliss-reactive ketones (excluding diaryl/α,β-unsaturated/α-hetero) is 1. The SMILES string of the molecule is CC1([N+](=O)[O-])C(=O)C2CCC1C2. The van der Waals surface area contributed by atoms with Crippen molar-refractivity contribution in [3.8, 4) is 0 Å². The van der Waals surface area contributed by atoms with Crippen LogP contribution in [-0.4, -0.2) is 16.2 Å². The van der Waals surface area contributed by atoms with E-state index >= 15 is 0 Å². The van der Waals surface area contributed by atoms with E-state index in [-0.39, 0.29) is 22.5 Å². The van der Waals surface area contributed by atoms with Crippen LogP contribution in [0.3, 0.4) is 0 Å². The van der Waals surface area contributed by atoms with Crippen LogP contribution in [0, 0.1) is 22.0 Å². The molecule has 2 aliphatic carbocycles. The third-order valence-corrected chi connectivity index (χ3v) is 3.48. The molecule has 2 saturated carbocycles. The number of carbonyl (C=O) groups excluding carboxylic acids is 1. The summed E-state index contributed by atoms with van der Waals surface area (Å²) in [6.07, 6.45) is 2.47. The maximum Gasteiger partial charge on any atom is 0.279 e. The van der Waals surface area contributed by atoms with Crippen LogP contribution in [0.4, 0.5) is 0 Å². The normalized spacial score (nSPS) is 45.2. The van der Waals surface area contributed by atoms with Crippen LogP contribution in [0.2, 0.25) is 0 Å². The van der Waals surface area contributed by atoms with Crippen molar-refractivity contribution < 1.29 is 9.72 Å². The third-order valence-electron chi connectivity index (χ3n) is 3.48. The van der Waals surface area contributed by atoms with E-state index in [1.165, 1.54) is 6.92 Å². The van der Waals surface area contributed by atoms with E-state index in [4.69, 9.17) is 0 Å². The van der Waals surface area contributed by atoms with Gasteiger partial charge in [-0.25, -0.2) is 0 Å². The predicted octanol–water partition coefficient (Wildman–Crippen LogP) is 1.02. The topological polar surface area (TPSA) is 60.2 Å². The molecule has 0 saturated heterocycles. The average molecular weight is 169 g/mol. The Morgan fingerprint density at radius 1 is 1.58 bits per heavy atom. The largest absolute Gasteiger partial charge is 0.291 e. The molecule has 3 unspecified atom stereocenters. The summed E-state index contributed by atoms with van der Waals surface area (Å²) in [5.41, 5.74) is -1.25. The molecule has 0 aromatic carbocycles. The quantitative estimate of drug-likeness (QED) is 0.435. The molecular formula is C8H11NO3. The predicted molar refractivity (Wildman–Crippen MR) is 41.2 cm³/mol. The number of fused-ring (bicyclic) bond motifs is 2. The van der Waals surface area contributed by atoms with Gasteiger partial charge in [-0.15, -0.1) is 0 Å². The summed E-state index contributed by atoms with van der Waals surface area (Å²) < 4.78 is 0. The lowest BCUT2D eigenvalue weighted by Gasteiger charge is -2.23. The van der Waals surface area contributed by atoms with E-state index in [2.05, 4.69) is 0 Å². The lowest BCUT2D eigenvalue weighted by atomic mass is 9.82. The first-order chi connectivity index (χ1) is 5.56. The summed E-state index contributed by atoms with van der Waals surface area (Å²) in [4.78, 5) is 21.8. The van der Waals surface area contributed by atoms with Crippen molar-refractivity contribution in [3.63, 3.8) is 0 Å². The monoisotopic (exact) mass is 169 g/mol. The second kappa shape index (κ2) is 2.06. The van der Waals surface area contributed by atoms with E-state index in [0.717, 1.165) is 19.3 Å². The van der Waals surface area contributed by atoms with E-state index < -0.39 is 5.54 Å². The van der Waals surface area contributed by atoms with E-state index in [9.17, 15) is 14.9 Å². The smallest absolute Gasteiger partial charge is 0.279 e. The first-order valence-electron chi connectivity index (χ1n) is 4.25. The molecule has 0 spiro atoms. The number of nitrogens with zero attached hydrogens (tertiary/aromatic N) is 1. The van der Waals surface area contributed by atoms with Gasteiger partial charge in [0.2, 0.25) is 5.78 Å². The van der Waals surface area contributed by atoms with Crippen molar-refractivity contribution in [2.24, 2.45) is 11.8 Å². The molecule has 0 aromatic heterocycles. The van der Waals surface area contributed by atoms with Crippen LogP contribution in [0.1, 0.15) is 26.2 Å². The maximum absolute atomic E-state index is 11.5. The molecule has 0 aromatic rings. The number of ketones is 1. The number of hydrogen-bond donors (Lipinski definition) is 0. The van der Waals surface area contributed by atoms with Gasteiger partial charge in [0.15, 0.2) is 0 Å². The first-order valence-corrected chi connectivity index (χ1v) is 4.25. The Kier molecular flexibility index (Phi) is 1.32. The van der Waals surface area contributed by atoms with Gasteiger partial charge in [-0.2, -0.15) is 0 Å².